The van der Waals surface area contributed by atoms with Crippen molar-refractivity contribution in [3.8, 4) is 0 Å². The molecule has 0 fully saturated rings. The molecule has 1 aliphatic rings. The molecule has 0 atom stereocenters. The minimum absolute atomic E-state index is 0.796. The van der Waals surface area contributed by atoms with E-state index in [1.807, 2.05) is 6.07 Å². The van der Waals surface area contributed by atoms with E-state index >= 15 is 0 Å². The van der Waals surface area contributed by atoms with Crippen LogP contribution in [0.15, 0.2) is 35.2 Å². The van der Waals surface area contributed by atoms with E-state index < -0.39 is 0 Å². The van der Waals surface area contributed by atoms with E-state index in [-0.39, 0.29) is 0 Å². The highest BCUT2D eigenvalue weighted by Crippen LogP contribution is 2.29. The van der Waals surface area contributed by atoms with Gasteiger partial charge in [-0.05, 0) is 58.8 Å². The van der Waals surface area contributed by atoms with Gasteiger partial charge in [-0.15, -0.1) is 0 Å². The number of hydrogen-bond acceptors (Lipinski definition) is 3. The molecule has 3 rings (SSSR count). The van der Waals surface area contributed by atoms with Crippen molar-refractivity contribution in [2.45, 2.75) is 25.7 Å². The van der Waals surface area contributed by atoms with Crippen LogP contribution in [0.25, 0.3) is 0 Å². The summed E-state index contributed by atoms with van der Waals surface area (Å²) < 4.78 is 0.796. The zero-order valence-corrected chi connectivity index (χ0v) is 11.6. The maximum atomic E-state index is 4.23. The van der Waals surface area contributed by atoms with Crippen molar-refractivity contribution < 1.29 is 0 Å². The van der Waals surface area contributed by atoms with Gasteiger partial charge < -0.3 is 5.32 Å². The Hall–Kier alpha value is -1.42. The van der Waals surface area contributed by atoms with Gasteiger partial charge in [0.1, 0.15) is 16.7 Å². The Morgan fingerprint density at radius 3 is 2.89 bits per heavy atom. The van der Waals surface area contributed by atoms with Gasteiger partial charge in [-0.1, -0.05) is 12.1 Å². The lowest BCUT2D eigenvalue weighted by Crippen LogP contribution is -2.06. The van der Waals surface area contributed by atoms with E-state index in [1.54, 1.807) is 6.33 Å². The minimum Gasteiger partial charge on any atom is -0.340 e. The third-order valence-electron chi connectivity index (χ3n) is 3.29. The Bertz CT molecular complexity index is 569. The molecule has 1 heterocycles. The second-order valence-corrected chi connectivity index (χ2v) is 5.31. The van der Waals surface area contributed by atoms with Gasteiger partial charge in [0.05, 0.1) is 0 Å². The number of benzene rings is 1. The molecule has 1 N–H and O–H groups in total. The fraction of sp³-hybridized carbons (Fsp3) is 0.286. The van der Waals surface area contributed by atoms with Gasteiger partial charge in [-0.2, -0.15) is 0 Å². The molecule has 92 valence electrons. The SMILES string of the molecule is Brc1cc(Nc2cccc3c2CCCC3)ncn1. The van der Waals surface area contributed by atoms with Crippen LogP contribution in [-0.4, -0.2) is 9.97 Å². The molecule has 3 nitrogen and oxygen atoms in total. The average Bonchev–Trinajstić information content (AvgIpc) is 2.39. The Kier molecular flexibility index (Phi) is 3.28. The lowest BCUT2D eigenvalue weighted by molar-refractivity contribution is 0.687. The van der Waals surface area contributed by atoms with E-state index in [1.165, 1.54) is 36.1 Å². The van der Waals surface area contributed by atoms with Crippen LogP contribution in [0.4, 0.5) is 11.5 Å². The number of anilines is 2. The van der Waals surface area contributed by atoms with E-state index in [0.717, 1.165) is 16.8 Å². The first-order valence-electron chi connectivity index (χ1n) is 6.18. The molecule has 0 spiro atoms. The number of rotatable bonds is 2. The molecule has 0 saturated carbocycles. The maximum Gasteiger partial charge on any atom is 0.134 e. The summed E-state index contributed by atoms with van der Waals surface area (Å²) in [7, 11) is 0. The van der Waals surface area contributed by atoms with Crippen molar-refractivity contribution in [1.29, 1.82) is 0 Å². The largest absolute Gasteiger partial charge is 0.340 e. The molecule has 0 aliphatic heterocycles. The molecule has 0 amide bonds. The maximum absolute atomic E-state index is 4.23. The normalized spacial score (nSPS) is 14.1. The highest BCUT2D eigenvalue weighted by atomic mass is 79.9. The monoisotopic (exact) mass is 303 g/mol. The number of aromatic nitrogens is 2. The number of nitrogens with zero attached hydrogens (tertiary/aromatic N) is 2. The first-order chi connectivity index (χ1) is 8.83. The first kappa shape index (κ1) is 11.7. The molecular formula is C14H14BrN3. The Morgan fingerprint density at radius 2 is 2.00 bits per heavy atom. The van der Waals surface area contributed by atoms with Crippen LogP contribution in [0.1, 0.15) is 24.0 Å². The van der Waals surface area contributed by atoms with Crippen LogP contribution in [0.5, 0.6) is 0 Å². The van der Waals surface area contributed by atoms with E-state index in [4.69, 9.17) is 0 Å². The molecule has 18 heavy (non-hydrogen) atoms. The van der Waals surface area contributed by atoms with Gasteiger partial charge >= 0.3 is 0 Å². The van der Waals surface area contributed by atoms with Crippen molar-refractivity contribution in [3.05, 3.63) is 46.3 Å². The molecular weight excluding hydrogens is 290 g/mol. The van der Waals surface area contributed by atoms with Crippen molar-refractivity contribution >= 4 is 27.4 Å². The Labute approximate surface area is 115 Å². The molecule has 0 radical (unpaired) electrons. The van der Waals surface area contributed by atoms with E-state index in [2.05, 4.69) is 49.4 Å². The molecule has 0 bridgehead atoms. The standard InChI is InChI=1S/C14H14BrN3/c15-13-8-14(17-9-16-13)18-12-7-3-5-10-4-1-2-6-11(10)12/h3,5,7-9H,1-2,4,6H2,(H,16,17,18). The Balaban J connectivity index is 1.93. The molecule has 0 saturated heterocycles. The number of halogens is 1. The van der Waals surface area contributed by atoms with Crippen molar-refractivity contribution in [3.63, 3.8) is 0 Å². The molecule has 1 aromatic heterocycles. The van der Waals surface area contributed by atoms with Crippen LogP contribution in [0, 0.1) is 0 Å². The van der Waals surface area contributed by atoms with Crippen LogP contribution in [0.3, 0.4) is 0 Å². The molecule has 0 unspecified atom stereocenters. The van der Waals surface area contributed by atoms with Crippen LogP contribution in [-0.2, 0) is 12.8 Å². The number of aryl methyl sites for hydroxylation is 1. The lowest BCUT2D eigenvalue weighted by Gasteiger charge is -2.19. The molecule has 2 aromatic rings. The average molecular weight is 304 g/mol. The van der Waals surface area contributed by atoms with Gasteiger partial charge in [-0.3, -0.25) is 0 Å². The second-order valence-electron chi connectivity index (χ2n) is 4.50. The van der Waals surface area contributed by atoms with Gasteiger partial charge in [-0.25, -0.2) is 9.97 Å². The lowest BCUT2D eigenvalue weighted by atomic mass is 9.90. The van der Waals surface area contributed by atoms with Crippen molar-refractivity contribution in [1.82, 2.24) is 9.97 Å². The van der Waals surface area contributed by atoms with Crippen LogP contribution >= 0.6 is 15.9 Å². The molecule has 1 aliphatic carbocycles. The fourth-order valence-corrected chi connectivity index (χ4v) is 2.75. The second kappa shape index (κ2) is 5.06. The summed E-state index contributed by atoms with van der Waals surface area (Å²) >= 11 is 3.36. The third-order valence-corrected chi connectivity index (χ3v) is 3.73. The third kappa shape index (κ3) is 2.38. The van der Waals surface area contributed by atoms with Gasteiger partial charge in [0.15, 0.2) is 0 Å². The summed E-state index contributed by atoms with van der Waals surface area (Å²) in [6.07, 6.45) is 6.49. The molecule has 4 heteroatoms. The van der Waals surface area contributed by atoms with Gasteiger partial charge in [0, 0.05) is 11.8 Å². The van der Waals surface area contributed by atoms with E-state index in [0.29, 0.717) is 0 Å². The summed E-state index contributed by atoms with van der Waals surface area (Å²) in [6.45, 7) is 0. The smallest absolute Gasteiger partial charge is 0.134 e. The summed E-state index contributed by atoms with van der Waals surface area (Å²) in [5.74, 6) is 0.829. The predicted molar refractivity (Wildman–Crippen MR) is 76.1 cm³/mol. The Morgan fingerprint density at radius 1 is 1.11 bits per heavy atom. The van der Waals surface area contributed by atoms with Crippen molar-refractivity contribution in [2.75, 3.05) is 5.32 Å². The zero-order valence-electron chi connectivity index (χ0n) is 9.99. The summed E-state index contributed by atoms with van der Waals surface area (Å²) in [6, 6.07) is 8.36. The van der Waals surface area contributed by atoms with Gasteiger partial charge in [0.2, 0.25) is 0 Å². The molecule has 1 aromatic carbocycles. The van der Waals surface area contributed by atoms with Crippen LogP contribution in [0.2, 0.25) is 0 Å². The predicted octanol–water partition coefficient (Wildman–Crippen LogP) is 3.86. The first-order valence-corrected chi connectivity index (χ1v) is 6.97. The number of nitrogens with one attached hydrogen (secondary N) is 1. The summed E-state index contributed by atoms with van der Waals surface area (Å²) in [5, 5.41) is 3.39. The van der Waals surface area contributed by atoms with E-state index in [9.17, 15) is 0 Å². The quantitative estimate of drug-likeness (QED) is 0.856. The topological polar surface area (TPSA) is 37.8 Å². The highest BCUT2D eigenvalue weighted by molar-refractivity contribution is 9.10. The van der Waals surface area contributed by atoms with Gasteiger partial charge in [0.25, 0.3) is 0 Å². The zero-order chi connectivity index (χ0) is 12.4. The minimum atomic E-state index is 0.796. The summed E-state index contributed by atoms with van der Waals surface area (Å²) in [5.41, 5.74) is 4.09. The van der Waals surface area contributed by atoms with Crippen LogP contribution < -0.4 is 5.32 Å². The highest BCUT2D eigenvalue weighted by Gasteiger charge is 2.13. The fourth-order valence-electron chi connectivity index (χ4n) is 2.44. The summed E-state index contributed by atoms with van der Waals surface area (Å²) in [4.78, 5) is 8.27. The van der Waals surface area contributed by atoms with Crippen molar-refractivity contribution in [2.24, 2.45) is 0 Å². The number of fused-ring (bicyclic) bond motifs is 1. The number of hydrogen-bond donors (Lipinski definition) is 1.